The van der Waals surface area contributed by atoms with Crippen LogP contribution in [0.2, 0.25) is 0 Å². The van der Waals surface area contributed by atoms with Gasteiger partial charge in [0, 0.05) is 16.9 Å². The number of amides is 1. The number of aryl methyl sites for hydroxylation is 3. The lowest BCUT2D eigenvalue weighted by Crippen LogP contribution is -2.16. The van der Waals surface area contributed by atoms with E-state index in [1.807, 2.05) is 39.0 Å². The third-order valence-corrected chi connectivity index (χ3v) is 8.61. The van der Waals surface area contributed by atoms with Gasteiger partial charge in [-0.3, -0.25) is 14.2 Å². The van der Waals surface area contributed by atoms with E-state index in [9.17, 15) is 21.6 Å². The molecule has 10 heteroatoms. The Morgan fingerprint density at radius 3 is 1.74 bits per heavy atom. The molecule has 4 aromatic rings. The minimum atomic E-state index is -3.83. The highest BCUT2D eigenvalue weighted by Crippen LogP contribution is 2.24. The van der Waals surface area contributed by atoms with E-state index in [1.165, 1.54) is 42.5 Å². The lowest BCUT2D eigenvalue weighted by atomic mass is 10.1. The van der Waals surface area contributed by atoms with Crippen LogP contribution >= 0.6 is 0 Å². The Bertz CT molecular complexity index is 1680. The molecule has 0 saturated carbocycles. The van der Waals surface area contributed by atoms with Crippen LogP contribution in [0.3, 0.4) is 0 Å². The van der Waals surface area contributed by atoms with Gasteiger partial charge in [0.25, 0.3) is 26.0 Å². The number of anilines is 3. The molecule has 1 amide bonds. The second-order valence-electron chi connectivity index (χ2n) is 8.85. The summed E-state index contributed by atoms with van der Waals surface area (Å²) in [6.45, 7) is 5.51. The highest BCUT2D eigenvalue weighted by atomic mass is 32.2. The van der Waals surface area contributed by atoms with Crippen molar-refractivity contribution in [1.29, 1.82) is 0 Å². The van der Waals surface area contributed by atoms with Gasteiger partial charge in [0.2, 0.25) is 0 Å². The molecule has 196 valence electrons. The van der Waals surface area contributed by atoms with Crippen LogP contribution in [-0.4, -0.2) is 22.7 Å². The monoisotopic (exact) mass is 549 g/mol. The van der Waals surface area contributed by atoms with E-state index in [2.05, 4.69) is 14.8 Å². The van der Waals surface area contributed by atoms with Crippen LogP contribution in [0.1, 0.15) is 27.0 Å². The number of carbonyl (C=O) groups excluding carboxylic acids is 1. The SMILES string of the molecule is Cc1ccc(S(=O)(=O)Nc2cccc(C(=O)Nc3ccc(S(=O)(=O)Nc4c(C)cccc4C)cc3)c2)cc1. The van der Waals surface area contributed by atoms with Gasteiger partial charge in [0.1, 0.15) is 0 Å². The van der Waals surface area contributed by atoms with Crippen molar-refractivity contribution < 1.29 is 21.6 Å². The Hall–Kier alpha value is -4.15. The van der Waals surface area contributed by atoms with Crippen molar-refractivity contribution in [3.05, 3.63) is 113 Å². The number of nitrogens with one attached hydrogen (secondary N) is 3. The molecule has 0 bridgehead atoms. The Labute approximate surface area is 222 Å². The van der Waals surface area contributed by atoms with Crippen LogP contribution < -0.4 is 14.8 Å². The first kappa shape index (κ1) is 26.9. The fourth-order valence-electron chi connectivity index (χ4n) is 3.74. The molecule has 0 fully saturated rings. The number of sulfonamides is 2. The second kappa shape index (κ2) is 10.7. The van der Waals surface area contributed by atoms with Crippen LogP contribution in [0.25, 0.3) is 0 Å². The predicted octanol–water partition coefficient (Wildman–Crippen LogP) is 5.47. The van der Waals surface area contributed by atoms with Crippen molar-refractivity contribution in [2.45, 2.75) is 30.6 Å². The standard InChI is InChI=1S/C28H27N3O5S2/c1-19-10-14-25(15-11-19)37(33,34)30-24-9-5-8-22(18-24)28(32)29-23-12-16-26(17-13-23)38(35,36)31-27-20(2)6-4-7-21(27)3/h4-18,30-31H,1-3H3,(H,29,32). The average molecular weight is 550 g/mol. The van der Waals surface area contributed by atoms with Gasteiger partial charge in [-0.25, -0.2) is 16.8 Å². The summed E-state index contributed by atoms with van der Waals surface area (Å²) in [5.74, 6) is -0.481. The van der Waals surface area contributed by atoms with Crippen LogP contribution in [0.4, 0.5) is 17.1 Å². The number of hydrogen-bond acceptors (Lipinski definition) is 5. The van der Waals surface area contributed by atoms with Gasteiger partial charge in [-0.1, -0.05) is 42.0 Å². The van der Waals surface area contributed by atoms with E-state index >= 15 is 0 Å². The van der Waals surface area contributed by atoms with E-state index < -0.39 is 26.0 Å². The molecule has 0 aliphatic rings. The first-order chi connectivity index (χ1) is 17.9. The molecular formula is C28H27N3O5S2. The topological polar surface area (TPSA) is 121 Å². The molecule has 0 saturated heterocycles. The fourth-order valence-corrected chi connectivity index (χ4v) is 6.00. The van der Waals surface area contributed by atoms with Gasteiger partial charge < -0.3 is 5.32 Å². The minimum Gasteiger partial charge on any atom is -0.322 e. The zero-order chi connectivity index (χ0) is 27.5. The second-order valence-corrected chi connectivity index (χ2v) is 12.2. The number of para-hydroxylation sites is 1. The molecule has 0 radical (unpaired) electrons. The molecule has 0 aliphatic carbocycles. The molecular weight excluding hydrogens is 522 g/mol. The van der Waals surface area contributed by atoms with E-state index in [0.717, 1.165) is 16.7 Å². The Balaban J connectivity index is 1.46. The van der Waals surface area contributed by atoms with Gasteiger partial charge >= 0.3 is 0 Å². The first-order valence-corrected chi connectivity index (χ1v) is 14.6. The van der Waals surface area contributed by atoms with Gasteiger partial charge in [-0.15, -0.1) is 0 Å². The van der Waals surface area contributed by atoms with E-state index in [1.54, 1.807) is 30.3 Å². The molecule has 0 aliphatic heterocycles. The van der Waals surface area contributed by atoms with E-state index in [0.29, 0.717) is 11.4 Å². The van der Waals surface area contributed by atoms with E-state index in [-0.39, 0.29) is 21.0 Å². The van der Waals surface area contributed by atoms with Crippen molar-refractivity contribution in [1.82, 2.24) is 0 Å². The summed E-state index contributed by atoms with van der Waals surface area (Å²) in [5.41, 5.74) is 3.92. The zero-order valence-electron chi connectivity index (χ0n) is 21.0. The van der Waals surface area contributed by atoms with Crippen molar-refractivity contribution in [3.8, 4) is 0 Å². The van der Waals surface area contributed by atoms with Crippen LogP contribution in [-0.2, 0) is 20.0 Å². The number of hydrogen-bond donors (Lipinski definition) is 3. The molecule has 0 heterocycles. The Morgan fingerprint density at radius 1 is 0.605 bits per heavy atom. The van der Waals surface area contributed by atoms with Crippen LogP contribution in [0.15, 0.2) is 101 Å². The summed E-state index contributed by atoms with van der Waals surface area (Å²) in [5, 5.41) is 2.70. The smallest absolute Gasteiger partial charge is 0.261 e. The summed E-state index contributed by atoms with van der Waals surface area (Å²) in [7, 11) is -7.65. The number of rotatable bonds is 8. The largest absolute Gasteiger partial charge is 0.322 e. The van der Waals surface area contributed by atoms with Gasteiger partial charge in [-0.05, 0) is 86.5 Å². The molecule has 0 aromatic heterocycles. The molecule has 0 unspecified atom stereocenters. The number of carbonyl (C=O) groups is 1. The lowest BCUT2D eigenvalue weighted by Gasteiger charge is -2.14. The average Bonchev–Trinajstić information content (AvgIpc) is 2.87. The van der Waals surface area contributed by atoms with Gasteiger partial charge in [-0.2, -0.15) is 0 Å². The third kappa shape index (κ3) is 6.21. The highest BCUT2D eigenvalue weighted by Gasteiger charge is 2.18. The highest BCUT2D eigenvalue weighted by molar-refractivity contribution is 7.93. The van der Waals surface area contributed by atoms with Crippen molar-refractivity contribution in [3.63, 3.8) is 0 Å². The quantitative estimate of drug-likeness (QED) is 0.269. The first-order valence-electron chi connectivity index (χ1n) is 11.6. The molecule has 8 nitrogen and oxygen atoms in total. The maximum Gasteiger partial charge on any atom is 0.261 e. The predicted molar refractivity (Wildman–Crippen MR) is 150 cm³/mol. The Kier molecular flexibility index (Phi) is 7.56. The summed E-state index contributed by atoms with van der Waals surface area (Å²) >= 11 is 0. The molecule has 4 rings (SSSR count). The lowest BCUT2D eigenvalue weighted by molar-refractivity contribution is 0.102. The number of benzene rings is 4. The summed E-state index contributed by atoms with van der Waals surface area (Å²) in [4.78, 5) is 13.0. The third-order valence-electron chi connectivity index (χ3n) is 5.85. The van der Waals surface area contributed by atoms with Crippen molar-refractivity contribution >= 4 is 43.0 Å². The van der Waals surface area contributed by atoms with Crippen molar-refractivity contribution in [2.24, 2.45) is 0 Å². The zero-order valence-corrected chi connectivity index (χ0v) is 22.7. The van der Waals surface area contributed by atoms with Crippen molar-refractivity contribution in [2.75, 3.05) is 14.8 Å². The normalized spacial score (nSPS) is 11.6. The summed E-state index contributed by atoms with van der Waals surface area (Å²) < 4.78 is 56.2. The molecule has 38 heavy (non-hydrogen) atoms. The van der Waals surface area contributed by atoms with Crippen LogP contribution in [0.5, 0.6) is 0 Å². The fraction of sp³-hybridized carbons (Fsp3) is 0.107. The minimum absolute atomic E-state index is 0.0469. The van der Waals surface area contributed by atoms with Gasteiger partial charge in [0.15, 0.2) is 0 Å². The van der Waals surface area contributed by atoms with Crippen LogP contribution in [0, 0.1) is 20.8 Å². The molecule has 3 N–H and O–H groups in total. The van der Waals surface area contributed by atoms with Gasteiger partial charge in [0.05, 0.1) is 15.5 Å². The van der Waals surface area contributed by atoms with E-state index in [4.69, 9.17) is 0 Å². The maximum absolute atomic E-state index is 12.9. The Morgan fingerprint density at radius 2 is 1.13 bits per heavy atom. The molecule has 4 aromatic carbocycles. The summed E-state index contributed by atoms with van der Waals surface area (Å²) in [6.07, 6.45) is 0. The molecule has 0 atom stereocenters. The maximum atomic E-state index is 12.9. The molecule has 0 spiro atoms. The summed E-state index contributed by atoms with van der Waals surface area (Å²) in [6, 6.07) is 23.8.